The Hall–Kier alpha value is -0.370. The minimum atomic E-state index is -0.119. The molecule has 1 atom stereocenters. The third-order valence-electron chi connectivity index (χ3n) is 4.14. The van der Waals surface area contributed by atoms with Gasteiger partial charge in [-0.15, -0.1) is 0 Å². The van der Waals surface area contributed by atoms with Crippen molar-refractivity contribution in [1.29, 1.82) is 0 Å². The number of benzene rings is 1. The van der Waals surface area contributed by atoms with Gasteiger partial charge in [-0.25, -0.2) is 4.39 Å². The molecular weight excluding hydrogens is 291 g/mol. The van der Waals surface area contributed by atoms with Gasteiger partial charge in [0.2, 0.25) is 0 Å². The Morgan fingerprint density at radius 1 is 1.17 bits per heavy atom. The fourth-order valence-corrected chi connectivity index (χ4v) is 4.50. The van der Waals surface area contributed by atoms with Crippen LogP contribution >= 0.6 is 15.9 Å². The standard InChI is InChI=1S/C16H22BrF/c1-11-8-14(18)9-12(2)16(11)15(17)10-13-6-4-3-5-7-13/h8-9,13,15H,3-7,10H2,1-2H3. The average molecular weight is 313 g/mol. The topological polar surface area (TPSA) is 0 Å². The summed E-state index contributed by atoms with van der Waals surface area (Å²) in [6.07, 6.45) is 8.08. The molecular formula is C16H22BrF. The highest BCUT2D eigenvalue weighted by Gasteiger charge is 2.21. The zero-order valence-electron chi connectivity index (χ0n) is 11.3. The predicted octanol–water partition coefficient (Wildman–Crippen LogP) is 5.85. The van der Waals surface area contributed by atoms with E-state index >= 15 is 0 Å². The molecule has 0 N–H and O–H groups in total. The second-order valence-corrected chi connectivity index (χ2v) is 6.77. The molecule has 1 aromatic carbocycles. The van der Waals surface area contributed by atoms with E-state index < -0.39 is 0 Å². The Labute approximate surface area is 118 Å². The van der Waals surface area contributed by atoms with Crippen molar-refractivity contribution in [2.45, 2.75) is 57.2 Å². The summed E-state index contributed by atoms with van der Waals surface area (Å²) in [5.41, 5.74) is 3.44. The van der Waals surface area contributed by atoms with Crippen molar-refractivity contribution in [3.05, 3.63) is 34.6 Å². The number of hydrogen-bond donors (Lipinski definition) is 0. The second-order valence-electron chi connectivity index (χ2n) is 5.66. The van der Waals surface area contributed by atoms with Gasteiger partial charge in [0.1, 0.15) is 5.82 Å². The molecule has 2 heteroatoms. The molecule has 0 radical (unpaired) electrons. The van der Waals surface area contributed by atoms with Gasteiger partial charge >= 0.3 is 0 Å². The number of rotatable bonds is 3. The van der Waals surface area contributed by atoms with Crippen molar-refractivity contribution in [3.63, 3.8) is 0 Å². The van der Waals surface area contributed by atoms with Gasteiger partial charge in [-0.05, 0) is 55.0 Å². The summed E-state index contributed by atoms with van der Waals surface area (Å²) in [5.74, 6) is 0.720. The van der Waals surface area contributed by atoms with E-state index in [-0.39, 0.29) is 5.82 Å². The number of hydrogen-bond acceptors (Lipinski definition) is 0. The lowest BCUT2D eigenvalue weighted by molar-refractivity contribution is 0.338. The predicted molar refractivity (Wildman–Crippen MR) is 78.7 cm³/mol. The molecule has 0 spiro atoms. The summed E-state index contributed by atoms with van der Waals surface area (Å²) in [6, 6.07) is 3.30. The summed E-state index contributed by atoms with van der Waals surface area (Å²) in [7, 11) is 0. The van der Waals surface area contributed by atoms with Crippen LogP contribution < -0.4 is 0 Å². The van der Waals surface area contributed by atoms with Crippen LogP contribution in [0.1, 0.15) is 60.0 Å². The summed E-state index contributed by atoms with van der Waals surface area (Å²) >= 11 is 3.83. The fraction of sp³-hybridized carbons (Fsp3) is 0.625. The molecule has 0 saturated heterocycles. The molecule has 0 heterocycles. The number of alkyl halides is 1. The first-order valence-corrected chi connectivity index (χ1v) is 7.90. The van der Waals surface area contributed by atoms with Gasteiger partial charge < -0.3 is 0 Å². The maximum Gasteiger partial charge on any atom is 0.123 e. The van der Waals surface area contributed by atoms with Gasteiger partial charge in [0.15, 0.2) is 0 Å². The molecule has 1 aromatic rings. The normalized spacial score (nSPS) is 18.9. The first-order valence-electron chi connectivity index (χ1n) is 6.98. The first kappa shape index (κ1) is 14.0. The second kappa shape index (κ2) is 6.18. The molecule has 100 valence electrons. The van der Waals surface area contributed by atoms with Gasteiger partial charge in [0.05, 0.1) is 0 Å². The van der Waals surface area contributed by atoms with Crippen LogP contribution in [0.5, 0.6) is 0 Å². The van der Waals surface area contributed by atoms with Crippen molar-refractivity contribution < 1.29 is 4.39 Å². The highest BCUT2D eigenvalue weighted by molar-refractivity contribution is 9.09. The lowest BCUT2D eigenvalue weighted by Crippen LogP contribution is -2.10. The van der Waals surface area contributed by atoms with Crippen LogP contribution in [0.3, 0.4) is 0 Å². The summed E-state index contributed by atoms with van der Waals surface area (Å²) in [6.45, 7) is 4.03. The molecule has 0 bridgehead atoms. The Kier molecular flexibility index (Phi) is 4.83. The molecule has 1 aliphatic rings. The molecule has 1 aliphatic carbocycles. The molecule has 18 heavy (non-hydrogen) atoms. The molecule has 0 aliphatic heterocycles. The Morgan fingerprint density at radius 2 is 1.72 bits per heavy atom. The Morgan fingerprint density at radius 3 is 2.28 bits per heavy atom. The SMILES string of the molecule is Cc1cc(F)cc(C)c1C(Br)CC1CCCCC1. The first-order chi connectivity index (χ1) is 8.58. The minimum absolute atomic E-state index is 0.119. The Bertz CT molecular complexity index is 385. The van der Waals surface area contributed by atoms with E-state index in [1.807, 2.05) is 13.8 Å². The van der Waals surface area contributed by atoms with Crippen LogP contribution in [-0.4, -0.2) is 0 Å². The molecule has 0 nitrogen and oxygen atoms in total. The van der Waals surface area contributed by atoms with E-state index in [9.17, 15) is 4.39 Å². The average Bonchev–Trinajstić information content (AvgIpc) is 2.28. The van der Waals surface area contributed by atoms with Crippen molar-refractivity contribution in [2.24, 2.45) is 5.92 Å². The fourth-order valence-electron chi connectivity index (χ4n) is 3.25. The Balaban J connectivity index is 2.10. The molecule has 1 unspecified atom stereocenters. The lowest BCUT2D eigenvalue weighted by atomic mass is 9.84. The molecule has 0 aromatic heterocycles. The quantitative estimate of drug-likeness (QED) is 0.614. The number of halogens is 2. The van der Waals surface area contributed by atoms with Gasteiger partial charge in [-0.2, -0.15) is 0 Å². The molecule has 2 rings (SSSR count). The largest absolute Gasteiger partial charge is 0.207 e. The van der Waals surface area contributed by atoms with Crippen LogP contribution in [0.4, 0.5) is 4.39 Å². The van der Waals surface area contributed by atoms with Crippen LogP contribution in [0.25, 0.3) is 0 Å². The molecule has 1 fully saturated rings. The van der Waals surface area contributed by atoms with Crippen molar-refractivity contribution >= 4 is 15.9 Å². The van der Waals surface area contributed by atoms with E-state index in [1.165, 1.54) is 44.1 Å². The van der Waals surface area contributed by atoms with Gasteiger partial charge in [-0.3, -0.25) is 0 Å². The summed E-state index contributed by atoms with van der Waals surface area (Å²) < 4.78 is 13.3. The summed E-state index contributed by atoms with van der Waals surface area (Å²) in [5, 5.41) is 0. The van der Waals surface area contributed by atoms with Gasteiger partial charge in [-0.1, -0.05) is 48.0 Å². The zero-order chi connectivity index (χ0) is 13.1. The van der Waals surface area contributed by atoms with Gasteiger partial charge in [0, 0.05) is 4.83 Å². The third-order valence-corrected chi connectivity index (χ3v) is 4.97. The third kappa shape index (κ3) is 3.34. The van der Waals surface area contributed by atoms with Crippen LogP contribution in [0.2, 0.25) is 0 Å². The maximum absolute atomic E-state index is 13.3. The lowest BCUT2D eigenvalue weighted by Gasteiger charge is -2.25. The van der Waals surface area contributed by atoms with E-state index in [0.29, 0.717) is 4.83 Å². The summed E-state index contributed by atoms with van der Waals surface area (Å²) in [4.78, 5) is 0.376. The maximum atomic E-state index is 13.3. The van der Waals surface area contributed by atoms with Gasteiger partial charge in [0.25, 0.3) is 0 Å². The van der Waals surface area contributed by atoms with E-state index in [2.05, 4.69) is 15.9 Å². The van der Waals surface area contributed by atoms with E-state index in [1.54, 1.807) is 12.1 Å². The monoisotopic (exact) mass is 312 g/mol. The van der Waals surface area contributed by atoms with E-state index in [0.717, 1.165) is 17.0 Å². The zero-order valence-corrected chi connectivity index (χ0v) is 12.9. The van der Waals surface area contributed by atoms with Crippen molar-refractivity contribution in [2.75, 3.05) is 0 Å². The van der Waals surface area contributed by atoms with Crippen LogP contribution in [0, 0.1) is 25.6 Å². The number of aryl methyl sites for hydroxylation is 2. The van der Waals surface area contributed by atoms with Crippen molar-refractivity contribution in [1.82, 2.24) is 0 Å². The van der Waals surface area contributed by atoms with Crippen LogP contribution in [0.15, 0.2) is 12.1 Å². The molecule has 1 saturated carbocycles. The highest BCUT2D eigenvalue weighted by atomic mass is 79.9. The molecule has 0 amide bonds. The van der Waals surface area contributed by atoms with Crippen molar-refractivity contribution in [3.8, 4) is 0 Å². The minimum Gasteiger partial charge on any atom is -0.207 e. The smallest absolute Gasteiger partial charge is 0.123 e. The highest BCUT2D eigenvalue weighted by Crippen LogP contribution is 2.38. The van der Waals surface area contributed by atoms with Crippen LogP contribution in [-0.2, 0) is 0 Å². The van der Waals surface area contributed by atoms with E-state index in [4.69, 9.17) is 0 Å².